The van der Waals surface area contributed by atoms with Gasteiger partial charge in [-0.25, -0.2) is 0 Å². The predicted octanol–water partition coefficient (Wildman–Crippen LogP) is 1.10. The molecule has 1 fully saturated rings. The predicted molar refractivity (Wildman–Crippen MR) is 58.1 cm³/mol. The Hall–Kier alpha value is -0.570. The Balaban J connectivity index is 2.25. The van der Waals surface area contributed by atoms with Crippen LogP contribution in [0.25, 0.3) is 0 Å². The van der Waals surface area contributed by atoms with Gasteiger partial charge in [-0.05, 0) is 18.4 Å². The van der Waals surface area contributed by atoms with Gasteiger partial charge in [-0.2, -0.15) is 0 Å². The lowest BCUT2D eigenvalue weighted by Crippen LogP contribution is -2.31. The molecule has 0 aromatic rings. The second kappa shape index (κ2) is 5.35. The van der Waals surface area contributed by atoms with Gasteiger partial charge < -0.3 is 10.2 Å². The van der Waals surface area contributed by atoms with Gasteiger partial charge in [0.05, 0.1) is 0 Å². The van der Waals surface area contributed by atoms with E-state index in [-0.39, 0.29) is 0 Å². The van der Waals surface area contributed by atoms with E-state index in [1.807, 2.05) is 4.90 Å². The van der Waals surface area contributed by atoms with Crippen molar-refractivity contribution in [3.8, 4) is 0 Å². The first-order valence-corrected chi connectivity index (χ1v) is 5.63. The molecule has 2 unspecified atom stereocenters. The molecule has 0 radical (unpaired) electrons. The van der Waals surface area contributed by atoms with Crippen LogP contribution >= 0.6 is 0 Å². The van der Waals surface area contributed by atoms with Crippen LogP contribution in [0.3, 0.4) is 0 Å². The van der Waals surface area contributed by atoms with Gasteiger partial charge in [-0.15, -0.1) is 0 Å². The Bertz CT molecular complexity index is 184. The van der Waals surface area contributed by atoms with Crippen LogP contribution in [0.1, 0.15) is 27.2 Å². The van der Waals surface area contributed by atoms with E-state index in [0.717, 1.165) is 26.2 Å². The van der Waals surface area contributed by atoms with Gasteiger partial charge in [0.2, 0.25) is 5.91 Å². The van der Waals surface area contributed by atoms with E-state index in [1.165, 1.54) is 0 Å². The number of carbonyl (C=O) groups is 1. The van der Waals surface area contributed by atoms with Crippen LogP contribution in [-0.4, -0.2) is 37.0 Å². The highest BCUT2D eigenvalue weighted by atomic mass is 16.2. The zero-order valence-electron chi connectivity index (χ0n) is 9.55. The maximum absolute atomic E-state index is 11.7. The molecule has 14 heavy (non-hydrogen) atoms. The molecule has 3 heteroatoms. The largest absolute Gasteiger partial charge is 0.342 e. The van der Waals surface area contributed by atoms with Gasteiger partial charge in [-0.3, -0.25) is 4.79 Å². The molecule has 3 nitrogen and oxygen atoms in total. The Morgan fingerprint density at radius 1 is 1.36 bits per heavy atom. The minimum absolute atomic E-state index is 0.308. The molecule has 1 heterocycles. The average molecular weight is 198 g/mol. The Labute approximate surface area is 86.9 Å². The maximum atomic E-state index is 11.7. The molecule has 0 aliphatic carbocycles. The Morgan fingerprint density at radius 2 is 1.93 bits per heavy atom. The van der Waals surface area contributed by atoms with E-state index >= 15 is 0 Å². The number of amides is 1. The minimum atomic E-state index is 0.308. The number of hydrogen-bond acceptors (Lipinski definition) is 2. The number of rotatable bonds is 4. The van der Waals surface area contributed by atoms with Crippen molar-refractivity contribution in [2.24, 2.45) is 11.8 Å². The number of likely N-dealkylation sites (tertiary alicyclic amines) is 1. The van der Waals surface area contributed by atoms with Crippen LogP contribution in [0.4, 0.5) is 0 Å². The van der Waals surface area contributed by atoms with E-state index < -0.39 is 0 Å². The fourth-order valence-corrected chi connectivity index (χ4v) is 1.86. The van der Waals surface area contributed by atoms with Crippen molar-refractivity contribution in [2.75, 3.05) is 26.2 Å². The number of nitrogens with one attached hydrogen (secondary N) is 1. The third-order valence-electron chi connectivity index (χ3n) is 3.11. The average Bonchev–Trinajstić information content (AvgIpc) is 2.47. The van der Waals surface area contributed by atoms with Crippen molar-refractivity contribution in [3.05, 3.63) is 0 Å². The summed E-state index contributed by atoms with van der Waals surface area (Å²) < 4.78 is 0. The van der Waals surface area contributed by atoms with Gasteiger partial charge in [0.25, 0.3) is 0 Å². The molecular weight excluding hydrogens is 176 g/mol. The summed E-state index contributed by atoms with van der Waals surface area (Å²) in [5, 5.41) is 3.18. The van der Waals surface area contributed by atoms with Crippen LogP contribution in [0.2, 0.25) is 0 Å². The van der Waals surface area contributed by atoms with Crippen molar-refractivity contribution >= 4 is 5.91 Å². The van der Waals surface area contributed by atoms with Crippen LogP contribution < -0.4 is 5.32 Å². The standard InChI is InChI=1S/C11H22N2O/c1-4-12-6-5-11(14)13-7-9(2)10(3)8-13/h9-10,12H,4-8H2,1-3H3. The summed E-state index contributed by atoms with van der Waals surface area (Å²) in [7, 11) is 0. The molecule has 0 aromatic carbocycles. The highest BCUT2D eigenvalue weighted by Gasteiger charge is 2.28. The molecule has 1 rings (SSSR count). The fraction of sp³-hybridized carbons (Fsp3) is 0.909. The van der Waals surface area contributed by atoms with Crippen LogP contribution in [0, 0.1) is 11.8 Å². The van der Waals surface area contributed by atoms with E-state index in [1.54, 1.807) is 0 Å². The zero-order valence-corrected chi connectivity index (χ0v) is 9.55. The molecule has 82 valence electrons. The van der Waals surface area contributed by atoms with E-state index in [4.69, 9.17) is 0 Å². The lowest BCUT2D eigenvalue weighted by Gasteiger charge is -2.15. The molecule has 1 aliphatic heterocycles. The summed E-state index contributed by atoms with van der Waals surface area (Å²) >= 11 is 0. The monoisotopic (exact) mass is 198 g/mol. The molecule has 2 atom stereocenters. The van der Waals surface area contributed by atoms with E-state index in [2.05, 4.69) is 26.1 Å². The topological polar surface area (TPSA) is 32.3 Å². The second-order valence-electron chi connectivity index (χ2n) is 4.36. The first-order valence-electron chi connectivity index (χ1n) is 5.63. The summed E-state index contributed by atoms with van der Waals surface area (Å²) in [4.78, 5) is 13.7. The molecule has 0 saturated carbocycles. The van der Waals surface area contributed by atoms with Gasteiger partial charge in [0, 0.05) is 26.1 Å². The second-order valence-corrected chi connectivity index (χ2v) is 4.36. The van der Waals surface area contributed by atoms with Gasteiger partial charge in [0.1, 0.15) is 0 Å². The Morgan fingerprint density at radius 3 is 2.43 bits per heavy atom. The highest BCUT2D eigenvalue weighted by molar-refractivity contribution is 5.76. The molecule has 1 N–H and O–H groups in total. The third kappa shape index (κ3) is 2.98. The summed E-state index contributed by atoms with van der Waals surface area (Å²) in [6.45, 7) is 10.2. The normalized spacial score (nSPS) is 26.9. The lowest BCUT2D eigenvalue weighted by atomic mass is 10.0. The zero-order chi connectivity index (χ0) is 10.6. The number of nitrogens with zero attached hydrogens (tertiary/aromatic N) is 1. The van der Waals surface area contributed by atoms with Crippen molar-refractivity contribution < 1.29 is 4.79 Å². The molecule has 1 saturated heterocycles. The molecule has 0 aromatic heterocycles. The first-order chi connectivity index (χ1) is 6.65. The van der Waals surface area contributed by atoms with E-state index in [9.17, 15) is 4.79 Å². The summed E-state index contributed by atoms with van der Waals surface area (Å²) in [6, 6.07) is 0. The van der Waals surface area contributed by atoms with Gasteiger partial charge in [0.15, 0.2) is 0 Å². The van der Waals surface area contributed by atoms with Crippen molar-refractivity contribution in [2.45, 2.75) is 27.2 Å². The summed E-state index contributed by atoms with van der Waals surface area (Å²) in [6.07, 6.45) is 0.646. The SMILES string of the molecule is CCNCCC(=O)N1CC(C)C(C)C1. The highest BCUT2D eigenvalue weighted by Crippen LogP contribution is 2.22. The third-order valence-corrected chi connectivity index (χ3v) is 3.11. The molecule has 1 aliphatic rings. The summed E-state index contributed by atoms with van der Waals surface area (Å²) in [5.74, 6) is 1.64. The van der Waals surface area contributed by atoms with Crippen molar-refractivity contribution in [1.29, 1.82) is 0 Å². The maximum Gasteiger partial charge on any atom is 0.223 e. The minimum Gasteiger partial charge on any atom is -0.342 e. The smallest absolute Gasteiger partial charge is 0.223 e. The van der Waals surface area contributed by atoms with Crippen LogP contribution in [0.5, 0.6) is 0 Å². The molecule has 0 spiro atoms. The van der Waals surface area contributed by atoms with Gasteiger partial charge in [-0.1, -0.05) is 20.8 Å². The molecule has 1 amide bonds. The number of hydrogen-bond donors (Lipinski definition) is 1. The lowest BCUT2D eigenvalue weighted by molar-refractivity contribution is -0.130. The van der Waals surface area contributed by atoms with Crippen molar-refractivity contribution in [3.63, 3.8) is 0 Å². The quantitative estimate of drug-likeness (QED) is 0.686. The Kier molecular flexibility index (Phi) is 4.39. The summed E-state index contributed by atoms with van der Waals surface area (Å²) in [5.41, 5.74) is 0. The number of carbonyl (C=O) groups excluding carboxylic acids is 1. The van der Waals surface area contributed by atoms with Crippen LogP contribution in [0.15, 0.2) is 0 Å². The van der Waals surface area contributed by atoms with E-state index in [0.29, 0.717) is 24.2 Å². The van der Waals surface area contributed by atoms with Crippen LogP contribution in [-0.2, 0) is 4.79 Å². The molecule has 0 bridgehead atoms. The fourth-order valence-electron chi connectivity index (χ4n) is 1.86. The first kappa shape index (κ1) is 11.5. The van der Waals surface area contributed by atoms with Gasteiger partial charge >= 0.3 is 0 Å². The molecular formula is C11H22N2O. The van der Waals surface area contributed by atoms with Crippen molar-refractivity contribution in [1.82, 2.24) is 10.2 Å².